The van der Waals surface area contributed by atoms with E-state index in [0.717, 1.165) is 24.1 Å². The van der Waals surface area contributed by atoms with E-state index >= 15 is 0 Å². The first-order chi connectivity index (χ1) is 8.24. The van der Waals surface area contributed by atoms with E-state index in [2.05, 4.69) is 11.1 Å². The molecule has 4 heteroatoms. The quantitative estimate of drug-likeness (QED) is 0.803. The summed E-state index contributed by atoms with van der Waals surface area (Å²) in [5.74, 6) is -0.420. The van der Waals surface area contributed by atoms with Crippen molar-refractivity contribution >= 4 is 17.9 Å². The molecule has 0 atom stereocenters. The number of hydrogen-bond donors (Lipinski definition) is 1. The highest BCUT2D eigenvalue weighted by atomic mass is 16.5. The van der Waals surface area contributed by atoms with Crippen molar-refractivity contribution in [3.05, 3.63) is 35.1 Å². The smallest absolute Gasteiger partial charge is 0.371 e. The lowest BCUT2D eigenvalue weighted by Crippen LogP contribution is -2.13. The number of aliphatic carboxylic acids is 1. The van der Waals surface area contributed by atoms with E-state index in [-0.39, 0.29) is 5.76 Å². The largest absolute Gasteiger partial charge is 0.475 e. The van der Waals surface area contributed by atoms with Crippen molar-refractivity contribution in [3.63, 3.8) is 0 Å². The lowest BCUT2D eigenvalue weighted by atomic mass is 9.98. The van der Waals surface area contributed by atoms with E-state index in [1.165, 1.54) is 5.56 Å². The van der Waals surface area contributed by atoms with Crippen molar-refractivity contribution in [1.29, 1.82) is 0 Å². The number of carboxylic acid groups (broad SMARTS) is 1. The molecule has 0 saturated carbocycles. The van der Waals surface area contributed by atoms with Gasteiger partial charge in [-0.25, -0.2) is 4.79 Å². The van der Waals surface area contributed by atoms with Gasteiger partial charge in [0.1, 0.15) is 5.75 Å². The monoisotopic (exact) mass is 229 g/mol. The lowest BCUT2D eigenvalue weighted by Gasteiger charge is -2.19. The molecule has 0 aromatic heterocycles. The van der Waals surface area contributed by atoms with E-state index in [1.54, 1.807) is 6.08 Å². The van der Waals surface area contributed by atoms with E-state index in [9.17, 15) is 4.79 Å². The molecule has 2 heterocycles. The van der Waals surface area contributed by atoms with Crippen LogP contribution in [0.25, 0.3) is 0 Å². The van der Waals surface area contributed by atoms with Gasteiger partial charge in [0.05, 0.1) is 5.69 Å². The molecule has 1 N–H and O–H groups in total. The van der Waals surface area contributed by atoms with Gasteiger partial charge in [-0.1, -0.05) is 0 Å². The Labute approximate surface area is 98.2 Å². The fraction of sp³-hybridized carbons (Fsp3) is 0.231. The van der Waals surface area contributed by atoms with Gasteiger partial charge in [0.2, 0.25) is 5.76 Å². The Hall–Kier alpha value is -2.10. The van der Waals surface area contributed by atoms with Crippen LogP contribution in [-0.2, 0) is 17.6 Å². The van der Waals surface area contributed by atoms with Crippen molar-refractivity contribution in [3.8, 4) is 5.75 Å². The first-order valence-corrected chi connectivity index (χ1v) is 5.53. The molecule has 4 nitrogen and oxygen atoms in total. The molecule has 86 valence electrons. The first-order valence-electron chi connectivity index (χ1n) is 5.53. The zero-order chi connectivity index (χ0) is 11.8. The topological polar surface area (TPSA) is 58.9 Å². The lowest BCUT2D eigenvalue weighted by molar-refractivity contribution is -0.135. The van der Waals surface area contributed by atoms with Crippen LogP contribution in [0.1, 0.15) is 17.5 Å². The molecule has 0 saturated heterocycles. The number of aryl methyl sites for hydroxylation is 1. The summed E-state index contributed by atoms with van der Waals surface area (Å²) < 4.78 is 5.35. The predicted molar refractivity (Wildman–Crippen MR) is 63.0 cm³/mol. The third kappa shape index (κ3) is 1.71. The maximum atomic E-state index is 10.8. The molecule has 1 aromatic rings. The second-order valence-corrected chi connectivity index (χ2v) is 4.12. The highest BCUT2D eigenvalue weighted by Gasteiger charge is 2.20. The van der Waals surface area contributed by atoms with Crippen LogP contribution in [-0.4, -0.2) is 17.3 Å². The second-order valence-electron chi connectivity index (χ2n) is 4.12. The summed E-state index contributed by atoms with van der Waals surface area (Å²) in [6.07, 6.45) is 6.03. The van der Waals surface area contributed by atoms with Gasteiger partial charge in [-0.15, -0.1) is 0 Å². The van der Waals surface area contributed by atoms with Crippen LogP contribution in [0.2, 0.25) is 0 Å². The summed E-state index contributed by atoms with van der Waals surface area (Å²) >= 11 is 0. The highest BCUT2D eigenvalue weighted by Crippen LogP contribution is 2.35. The van der Waals surface area contributed by atoms with Crippen molar-refractivity contribution < 1.29 is 14.6 Å². The van der Waals surface area contributed by atoms with Crippen LogP contribution in [0.15, 0.2) is 29.0 Å². The molecule has 0 fully saturated rings. The Balaban J connectivity index is 2.02. The van der Waals surface area contributed by atoms with E-state index in [0.29, 0.717) is 12.2 Å². The summed E-state index contributed by atoms with van der Waals surface area (Å²) in [4.78, 5) is 15.1. The first kappa shape index (κ1) is 10.1. The molecular formula is C13H11NO3. The summed E-state index contributed by atoms with van der Waals surface area (Å²) in [5.41, 5.74) is 3.13. The predicted octanol–water partition coefficient (Wildman–Crippen LogP) is 2.24. The van der Waals surface area contributed by atoms with Gasteiger partial charge in [-0.2, -0.15) is 0 Å². The number of carboxylic acids is 1. The van der Waals surface area contributed by atoms with Crippen LogP contribution in [0.3, 0.4) is 0 Å². The third-order valence-corrected chi connectivity index (χ3v) is 2.97. The van der Waals surface area contributed by atoms with Crippen molar-refractivity contribution in [1.82, 2.24) is 0 Å². The van der Waals surface area contributed by atoms with Crippen molar-refractivity contribution in [2.45, 2.75) is 19.3 Å². The number of allylic oxidation sites excluding steroid dienone is 1. The minimum absolute atomic E-state index is 0.00256. The zero-order valence-corrected chi connectivity index (χ0v) is 9.14. The minimum Gasteiger partial charge on any atom is -0.475 e. The number of benzene rings is 1. The van der Waals surface area contributed by atoms with Gasteiger partial charge >= 0.3 is 5.97 Å². The molecule has 1 aromatic carbocycles. The number of rotatable bonds is 1. The number of ether oxygens (including phenoxy) is 1. The Morgan fingerprint density at radius 3 is 3.06 bits per heavy atom. The maximum Gasteiger partial charge on any atom is 0.371 e. The second kappa shape index (κ2) is 3.73. The fourth-order valence-electron chi connectivity index (χ4n) is 2.12. The number of aliphatic imine (C=N–C) groups is 1. The summed E-state index contributed by atoms with van der Waals surface area (Å²) in [6.45, 7) is 0. The number of carbonyl (C=O) groups is 1. The van der Waals surface area contributed by atoms with Crippen LogP contribution in [0.4, 0.5) is 5.69 Å². The number of hydrogen-bond acceptors (Lipinski definition) is 3. The average molecular weight is 229 g/mol. The molecule has 2 aliphatic rings. The van der Waals surface area contributed by atoms with Gasteiger partial charge in [0.15, 0.2) is 0 Å². The molecule has 0 spiro atoms. The van der Waals surface area contributed by atoms with Crippen molar-refractivity contribution in [2.75, 3.05) is 0 Å². The molecule has 2 aliphatic heterocycles. The van der Waals surface area contributed by atoms with E-state index in [4.69, 9.17) is 9.84 Å². The van der Waals surface area contributed by atoms with Gasteiger partial charge in [-0.05, 0) is 42.5 Å². The third-order valence-electron chi connectivity index (χ3n) is 2.97. The Morgan fingerprint density at radius 1 is 1.35 bits per heavy atom. The molecule has 0 aliphatic carbocycles. The summed E-state index contributed by atoms with van der Waals surface area (Å²) in [6, 6.07) is 3.90. The highest BCUT2D eigenvalue weighted by molar-refractivity contribution is 5.85. The molecule has 3 rings (SSSR count). The van der Waals surface area contributed by atoms with E-state index < -0.39 is 5.97 Å². The maximum absolute atomic E-state index is 10.8. The van der Waals surface area contributed by atoms with E-state index in [1.807, 2.05) is 12.3 Å². The normalized spacial score (nSPS) is 16.6. The Bertz CT molecular complexity index is 558. The van der Waals surface area contributed by atoms with Crippen LogP contribution < -0.4 is 4.74 Å². The average Bonchev–Trinajstić information content (AvgIpc) is 2.35. The fourth-order valence-corrected chi connectivity index (χ4v) is 2.12. The number of nitrogens with zero attached hydrogens (tertiary/aromatic N) is 1. The summed E-state index contributed by atoms with van der Waals surface area (Å²) in [5, 5.41) is 8.88. The Kier molecular flexibility index (Phi) is 2.21. The SMILES string of the molecule is O=C(O)C1=CCc2cc3c(cc2O1)N=CCC3. The molecule has 17 heavy (non-hydrogen) atoms. The number of fused-ring (bicyclic) bond motifs is 2. The zero-order valence-electron chi connectivity index (χ0n) is 9.14. The van der Waals surface area contributed by atoms with Crippen LogP contribution in [0, 0.1) is 0 Å². The molecule has 0 bridgehead atoms. The van der Waals surface area contributed by atoms with Gasteiger partial charge in [0, 0.05) is 12.3 Å². The molecule has 0 radical (unpaired) electrons. The molecule has 0 amide bonds. The molecule has 0 unspecified atom stereocenters. The Morgan fingerprint density at radius 2 is 2.24 bits per heavy atom. The standard InChI is InChI=1S/C13H11NO3/c15-13(16)11-4-3-9-6-8-2-1-5-14-10(8)7-12(9)17-11/h4-7H,1-3H2,(H,15,16). The van der Waals surface area contributed by atoms with Crippen LogP contribution >= 0.6 is 0 Å². The van der Waals surface area contributed by atoms with Gasteiger partial charge < -0.3 is 9.84 Å². The van der Waals surface area contributed by atoms with Gasteiger partial charge in [-0.3, -0.25) is 4.99 Å². The van der Waals surface area contributed by atoms with Gasteiger partial charge in [0.25, 0.3) is 0 Å². The van der Waals surface area contributed by atoms with Crippen molar-refractivity contribution in [2.24, 2.45) is 4.99 Å². The van der Waals surface area contributed by atoms with Crippen LogP contribution in [0.5, 0.6) is 5.75 Å². The summed E-state index contributed by atoms with van der Waals surface area (Å²) in [7, 11) is 0. The minimum atomic E-state index is -1.03. The molecular weight excluding hydrogens is 218 g/mol.